The molecule has 0 radical (unpaired) electrons. The van der Waals surface area contributed by atoms with Gasteiger partial charge in [-0.3, -0.25) is 0 Å². The smallest absolute Gasteiger partial charge is 0.126 e. The first-order chi connectivity index (χ1) is 8.56. The molecule has 0 saturated heterocycles. The lowest BCUT2D eigenvalue weighted by molar-refractivity contribution is 0.625. The summed E-state index contributed by atoms with van der Waals surface area (Å²) in [6.45, 7) is 0. The van der Waals surface area contributed by atoms with Crippen LogP contribution in [0.3, 0.4) is 0 Å². The van der Waals surface area contributed by atoms with Gasteiger partial charge in [-0.2, -0.15) is 0 Å². The van der Waals surface area contributed by atoms with Gasteiger partial charge in [-0.05, 0) is 29.8 Å². The van der Waals surface area contributed by atoms with E-state index in [0.29, 0.717) is 21.5 Å². The Hall–Kier alpha value is -0.900. The molecule has 2 aromatic rings. The fraction of sp³-hybridized carbons (Fsp3) is 0.0769. The highest BCUT2D eigenvalue weighted by Gasteiger charge is 2.06. The van der Waals surface area contributed by atoms with Crippen molar-refractivity contribution < 1.29 is 4.39 Å². The van der Waals surface area contributed by atoms with E-state index in [0.717, 1.165) is 10.5 Å². The number of benzene rings is 2. The van der Waals surface area contributed by atoms with Gasteiger partial charge >= 0.3 is 0 Å². The lowest BCUT2D eigenvalue weighted by Gasteiger charge is -2.06. The number of anilines is 1. The average molecular weight is 302 g/mol. The maximum Gasteiger partial charge on any atom is 0.126 e. The quantitative estimate of drug-likeness (QED) is 0.637. The maximum absolute atomic E-state index is 13.2. The number of rotatable bonds is 3. The average Bonchev–Trinajstić information content (AvgIpc) is 2.30. The van der Waals surface area contributed by atoms with Crippen molar-refractivity contribution in [3.8, 4) is 0 Å². The molecule has 0 aliphatic carbocycles. The molecule has 0 atom stereocenters. The van der Waals surface area contributed by atoms with Crippen LogP contribution in [0.5, 0.6) is 0 Å². The van der Waals surface area contributed by atoms with Crippen molar-refractivity contribution in [3.05, 3.63) is 57.8 Å². The van der Waals surface area contributed by atoms with E-state index in [-0.39, 0.29) is 5.82 Å². The molecule has 18 heavy (non-hydrogen) atoms. The number of halogens is 3. The first-order valence-corrected chi connectivity index (χ1v) is 6.92. The molecule has 0 aliphatic heterocycles. The fourth-order valence-corrected chi connectivity index (χ4v) is 2.93. The lowest BCUT2D eigenvalue weighted by atomic mass is 10.2. The minimum absolute atomic E-state index is 0.338. The first-order valence-electron chi connectivity index (χ1n) is 5.18. The molecule has 0 aromatic heterocycles. The van der Waals surface area contributed by atoms with Crippen LogP contribution in [-0.2, 0) is 5.75 Å². The summed E-state index contributed by atoms with van der Waals surface area (Å²) in [5, 5.41) is 1.06. The van der Waals surface area contributed by atoms with Gasteiger partial charge in [0.25, 0.3) is 0 Å². The van der Waals surface area contributed by atoms with Crippen molar-refractivity contribution in [1.82, 2.24) is 0 Å². The molecule has 5 heteroatoms. The summed E-state index contributed by atoms with van der Waals surface area (Å²) in [5.74, 6) is 0.275. The topological polar surface area (TPSA) is 26.0 Å². The molecule has 2 rings (SSSR count). The predicted molar refractivity (Wildman–Crippen MR) is 76.8 cm³/mol. The van der Waals surface area contributed by atoms with Crippen LogP contribution >= 0.6 is 35.0 Å². The largest absolute Gasteiger partial charge is 0.399 e. The van der Waals surface area contributed by atoms with Crippen molar-refractivity contribution in [3.63, 3.8) is 0 Å². The zero-order valence-corrected chi connectivity index (χ0v) is 11.6. The van der Waals surface area contributed by atoms with Crippen molar-refractivity contribution in [1.29, 1.82) is 0 Å². The van der Waals surface area contributed by atoms with Crippen molar-refractivity contribution in [2.45, 2.75) is 10.6 Å². The van der Waals surface area contributed by atoms with Gasteiger partial charge in [-0.25, -0.2) is 4.39 Å². The van der Waals surface area contributed by atoms with Crippen LogP contribution in [0.25, 0.3) is 0 Å². The van der Waals surface area contributed by atoms with E-state index in [4.69, 9.17) is 28.9 Å². The molecule has 2 aromatic carbocycles. The minimum Gasteiger partial charge on any atom is -0.399 e. The van der Waals surface area contributed by atoms with Crippen molar-refractivity contribution in [2.24, 2.45) is 0 Å². The van der Waals surface area contributed by atoms with Crippen LogP contribution in [0.15, 0.2) is 41.3 Å². The molecular weight excluding hydrogens is 292 g/mol. The molecule has 0 fully saturated rings. The van der Waals surface area contributed by atoms with Crippen molar-refractivity contribution in [2.75, 3.05) is 5.73 Å². The van der Waals surface area contributed by atoms with Gasteiger partial charge in [0.15, 0.2) is 0 Å². The first kappa shape index (κ1) is 13.5. The monoisotopic (exact) mass is 301 g/mol. The second-order valence-corrected chi connectivity index (χ2v) is 5.56. The molecule has 0 saturated carbocycles. The highest BCUT2D eigenvalue weighted by atomic mass is 35.5. The molecule has 0 unspecified atom stereocenters. The van der Waals surface area contributed by atoms with Gasteiger partial charge < -0.3 is 5.73 Å². The highest BCUT2D eigenvalue weighted by molar-refractivity contribution is 7.98. The van der Waals surface area contributed by atoms with Crippen LogP contribution < -0.4 is 5.73 Å². The van der Waals surface area contributed by atoms with Gasteiger partial charge in [0.1, 0.15) is 5.82 Å². The molecule has 1 nitrogen and oxygen atoms in total. The molecule has 0 aliphatic rings. The van der Waals surface area contributed by atoms with Crippen LogP contribution in [0.4, 0.5) is 10.1 Å². The van der Waals surface area contributed by atoms with Gasteiger partial charge in [-0.1, -0.05) is 35.3 Å². The Morgan fingerprint density at radius 3 is 2.67 bits per heavy atom. The normalized spacial score (nSPS) is 10.6. The number of nitrogens with two attached hydrogens (primary N) is 1. The summed E-state index contributed by atoms with van der Waals surface area (Å²) in [5.41, 5.74) is 6.91. The summed E-state index contributed by atoms with van der Waals surface area (Å²) in [6.07, 6.45) is 0. The zero-order valence-electron chi connectivity index (χ0n) is 9.29. The van der Waals surface area contributed by atoms with Crippen LogP contribution in [0.2, 0.25) is 10.0 Å². The molecule has 0 spiro atoms. The third kappa shape index (κ3) is 3.31. The Bertz CT molecular complexity index is 555. The predicted octanol–water partition coefficient (Wildman–Crippen LogP) is 5.01. The third-order valence-electron chi connectivity index (χ3n) is 2.32. The summed E-state index contributed by atoms with van der Waals surface area (Å²) >= 11 is 13.5. The number of nitrogen functional groups attached to an aromatic ring is 1. The Labute approximate surface area is 119 Å². The highest BCUT2D eigenvalue weighted by Crippen LogP contribution is 2.31. The Morgan fingerprint density at radius 1 is 1.17 bits per heavy atom. The van der Waals surface area contributed by atoms with E-state index < -0.39 is 0 Å². The maximum atomic E-state index is 13.2. The van der Waals surface area contributed by atoms with E-state index in [1.807, 2.05) is 12.1 Å². The second-order valence-electron chi connectivity index (χ2n) is 3.72. The standard InChI is InChI=1S/C13H10Cl2FNS/c14-12-3-1-2-8(13(12)15)7-18-11-5-9(16)4-10(17)6-11/h1-6H,7,17H2. The lowest BCUT2D eigenvalue weighted by Crippen LogP contribution is -1.88. The molecule has 94 valence electrons. The zero-order chi connectivity index (χ0) is 13.1. The number of hydrogen-bond donors (Lipinski definition) is 1. The van der Waals surface area contributed by atoms with Crippen LogP contribution in [0, 0.1) is 5.82 Å². The Morgan fingerprint density at radius 2 is 1.94 bits per heavy atom. The van der Waals surface area contributed by atoms with Crippen LogP contribution in [-0.4, -0.2) is 0 Å². The van der Waals surface area contributed by atoms with E-state index >= 15 is 0 Å². The summed E-state index contributed by atoms with van der Waals surface area (Å²) < 4.78 is 13.2. The molecule has 0 bridgehead atoms. The second kappa shape index (κ2) is 5.83. The van der Waals surface area contributed by atoms with Gasteiger partial charge in [0, 0.05) is 16.3 Å². The van der Waals surface area contributed by atoms with Crippen molar-refractivity contribution >= 4 is 40.7 Å². The molecule has 0 heterocycles. The van der Waals surface area contributed by atoms with E-state index in [9.17, 15) is 4.39 Å². The minimum atomic E-state index is -0.338. The summed E-state index contributed by atoms with van der Waals surface area (Å²) in [7, 11) is 0. The number of thioether (sulfide) groups is 1. The summed E-state index contributed by atoms with van der Waals surface area (Å²) in [6, 6.07) is 9.92. The molecule has 0 amide bonds. The van der Waals surface area contributed by atoms with E-state index in [2.05, 4.69) is 0 Å². The summed E-state index contributed by atoms with van der Waals surface area (Å²) in [4.78, 5) is 0.767. The Kier molecular flexibility index (Phi) is 4.38. The fourth-order valence-electron chi connectivity index (χ4n) is 1.49. The Balaban J connectivity index is 2.14. The van der Waals surface area contributed by atoms with Gasteiger partial charge in [0.2, 0.25) is 0 Å². The SMILES string of the molecule is Nc1cc(F)cc(SCc2cccc(Cl)c2Cl)c1. The van der Waals surface area contributed by atoms with E-state index in [1.165, 1.54) is 23.9 Å². The number of hydrogen-bond acceptors (Lipinski definition) is 2. The molecule has 2 N–H and O–H groups in total. The third-order valence-corrected chi connectivity index (χ3v) is 4.20. The van der Waals surface area contributed by atoms with E-state index in [1.54, 1.807) is 12.1 Å². The van der Waals surface area contributed by atoms with Crippen LogP contribution in [0.1, 0.15) is 5.56 Å². The van der Waals surface area contributed by atoms with Gasteiger partial charge in [0.05, 0.1) is 10.0 Å². The molecular formula is C13H10Cl2FNS. The van der Waals surface area contributed by atoms with Gasteiger partial charge in [-0.15, -0.1) is 11.8 Å².